The summed E-state index contributed by atoms with van der Waals surface area (Å²) in [5.74, 6) is -0.194. The van der Waals surface area contributed by atoms with E-state index in [9.17, 15) is 14.9 Å². The van der Waals surface area contributed by atoms with Crippen molar-refractivity contribution < 1.29 is 9.72 Å². The maximum absolute atomic E-state index is 12.2. The Hall–Kier alpha value is -1.89. The van der Waals surface area contributed by atoms with E-state index in [2.05, 4.69) is 0 Å². The van der Waals surface area contributed by atoms with Crippen molar-refractivity contribution in [2.75, 3.05) is 13.1 Å². The normalized spacial score (nSPS) is 19.9. The highest BCUT2D eigenvalue weighted by molar-refractivity contribution is 5.93. The van der Waals surface area contributed by atoms with Gasteiger partial charge in [0, 0.05) is 32.2 Å². The maximum atomic E-state index is 12.2. The smallest absolute Gasteiger partial charge is 0.287 e. The molecule has 7 nitrogen and oxygen atoms in total. The van der Waals surface area contributed by atoms with Crippen molar-refractivity contribution in [3.8, 4) is 0 Å². The van der Waals surface area contributed by atoms with Crippen molar-refractivity contribution >= 4 is 11.6 Å². The second-order valence-corrected chi connectivity index (χ2v) is 4.61. The van der Waals surface area contributed by atoms with Crippen molar-refractivity contribution in [1.82, 2.24) is 9.47 Å². The zero-order chi connectivity index (χ0) is 13.3. The first-order valence-corrected chi connectivity index (χ1v) is 5.84. The Morgan fingerprint density at radius 2 is 2.33 bits per heavy atom. The van der Waals surface area contributed by atoms with Gasteiger partial charge >= 0.3 is 0 Å². The van der Waals surface area contributed by atoms with Gasteiger partial charge in [-0.15, -0.1) is 0 Å². The molecule has 18 heavy (non-hydrogen) atoms. The molecule has 0 unspecified atom stereocenters. The average Bonchev–Trinajstić information content (AvgIpc) is 2.70. The number of amides is 1. The first-order chi connectivity index (χ1) is 8.49. The fraction of sp³-hybridized carbons (Fsp3) is 0.545. The second kappa shape index (κ2) is 4.77. The van der Waals surface area contributed by atoms with Crippen LogP contribution in [0.2, 0.25) is 0 Å². The van der Waals surface area contributed by atoms with Gasteiger partial charge in [-0.05, 0) is 12.8 Å². The molecule has 0 aliphatic carbocycles. The Labute approximate surface area is 104 Å². The van der Waals surface area contributed by atoms with Crippen molar-refractivity contribution in [2.24, 2.45) is 12.8 Å². The number of likely N-dealkylation sites (tertiary alicyclic amines) is 1. The summed E-state index contributed by atoms with van der Waals surface area (Å²) in [6, 6.07) is 1.31. The Balaban J connectivity index is 2.20. The van der Waals surface area contributed by atoms with E-state index < -0.39 is 4.92 Å². The predicted molar refractivity (Wildman–Crippen MR) is 65.2 cm³/mol. The number of nitro groups is 1. The largest absolute Gasteiger partial charge is 0.340 e. The third-order valence-electron chi connectivity index (χ3n) is 3.17. The summed E-state index contributed by atoms with van der Waals surface area (Å²) >= 11 is 0. The standard InChI is InChI=1S/C11H16N4O3/c1-13-7-9(15(17)18)5-10(13)11(16)14-4-2-3-8(12)6-14/h5,7-8H,2-4,6,12H2,1H3/t8-/m1/s1. The van der Waals surface area contributed by atoms with E-state index in [0.29, 0.717) is 18.8 Å². The molecule has 1 aromatic rings. The van der Waals surface area contributed by atoms with Crippen LogP contribution >= 0.6 is 0 Å². The van der Waals surface area contributed by atoms with Gasteiger partial charge in [-0.2, -0.15) is 0 Å². The number of carbonyl (C=O) groups is 1. The van der Waals surface area contributed by atoms with Crippen LogP contribution in [-0.2, 0) is 7.05 Å². The summed E-state index contributed by atoms with van der Waals surface area (Å²) < 4.78 is 1.49. The van der Waals surface area contributed by atoms with Crippen LogP contribution in [0.1, 0.15) is 23.3 Å². The summed E-state index contributed by atoms with van der Waals surface area (Å²) in [6.07, 6.45) is 3.13. The number of nitrogens with zero attached hydrogens (tertiary/aromatic N) is 3. The van der Waals surface area contributed by atoms with Crippen LogP contribution < -0.4 is 5.73 Å². The molecule has 1 fully saturated rings. The Morgan fingerprint density at radius 1 is 1.61 bits per heavy atom. The topological polar surface area (TPSA) is 94.4 Å². The summed E-state index contributed by atoms with van der Waals surface area (Å²) in [4.78, 5) is 24.1. The first kappa shape index (κ1) is 12.6. The lowest BCUT2D eigenvalue weighted by molar-refractivity contribution is -0.384. The Morgan fingerprint density at radius 3 is 2.89 bits per heavy atom. The van der Waals surface area contributed by atoms with Crippen molar-refractivity contribution in [3.63, 3.8) is 0 Å². The molecule has 1 aromatic heterocycles. The minimum absolute atomic E-state index is 0.00189. The van der Waals surface area contributed by atoms with Crippen molar-refractivity contribution in [1.29, 1.82) is 0 Å². The fourth-order valence-electron chi connectivity index (χ4n) is 2.22. The number of hydrogen-bond donors (Lipinski definition) is 1. The van der Waals surface area contributed by atoms with Gasteiger partial charge in [-0.25, -0.2) is 0 Å². The van der Waals surface area contributed by atoms with Crippen molar-refractivity contribution in [3.05, 3.63) is 28.1 Å². The molecule has 1 atom stereocenters. The molecule has 98 valence electrons. The highest BCUT2D eigenvalue weighted by Crippen LogP contribution is 2.18. The van der Waals surface area contributed by atoms with Crippen molar-refractivity contribution in [2.45, 2.75) is 18.9 Å². The number of aryl methyl sites for hydroxylation is 1. The van der Waals surface area contributed by atoms with Crippen LogP contribution in [-0.4, -0.2) is 39.4 Å². The molecule has 0 radical (unpaired) electrons. The van der Waals surface area contributed by atoms with E-state index in [4.69, 9.17) is 5.73 Å². The first-order valence-electron chi connectivity index (χ1n) is 5.84. The highest BCUT2D eigenvalue weighted by Gasteiger charge is 2.25. The molecule has 0 saturated carbocycles. The fourth-order valence-corrected chi connectivity index (χ4v) is 2.22. The lowest BCUT2D eigenvalue weighted by atomic mass is 10.1. The third-order valence-corrected chi connectivity index (χ3v) is 3.17. The molecule has 1 saturated heterocycles. The minimum Gasteiger partial charge on any atom is -0.340 e. The molecule has 7 heteroatoms. The monoisotopic (exact) mass is 252 g/mol. The van der Waals surface area contributed by atoms with E-state index in [1.165, 1.54) is 16.8 Å². The SMILES string of the molecule is Cn1cc([N+](=O)[O-])cc1C(=O)N1CCC[C@@H](N)C1. The van der Waals surface area contributed by atoms with Gasteiger partial charge in [0.25, 0.3) is 11.6 Å². The minimum atomic E-state index is -0.501. The molecule has 0 spiro atoms. The van der Waals surface area contributed by atoms with Crippen LogP contribution in [0.5, 0.6) is 0 Å². The third kappa shape index (κ3) is 2.35. The number of piperidine rings is 1. The molecule has 1 aliphatic rings. The second-order valence-electron chi connectivity index (χ2n) is 4.61. The van der Waals surface area contributed by atoms with E-state index in [-0.39, 0.29) is 17.6 Å². The molecular weight excluding hydrogens is 236 g/mol. The van der Waals surface area contributed by atoms with E-state index in [1.807, 2.05) is 0 Å². The zero-order valence-electron chi connectivity index (χ0n) is 10.2. The Bertz CT molecular complexity index is 483. The summed E-state index contributed by atoms with van der Waals surface area (Å²) in [5.41, 5.74) is 6.09. The molecular formula is C11H16N4O3. The van der Waals surface area contributed by atoms with Crippen LogP contribution in [0, 0.1) is 10.1 Å². The Kier molecular flexibility index (Phi) is 3.33. The molecule has 2 N–H and O–H groups in total. The van der Waals surface area contributed by atoms with Gasteiger partial charge in [0.05, 0.1) is 11.1 Å². The summed E-state index contributed by atoms with van der Waals surface area (Å²) in [5, 5.41) is 10.7. The number of carbonyl (C=O) groups excluding carboxylic acids is 1. The van der Waals surface area contributed by atoms with Gasteiger partial charge in [0.2, 0.25) is 0 Å². The quantitative estimate of drug-likeness (QED) is 0.612. The summed E-state index contributed by atoms with van der Waals surface area (Å²) in [6.45, 7) is 1.17. The molecule has 2 heterocycles. The van der Waals surface area contributed by atoms with Crippen LogP contribution in [0.15, 0.2) is 12.3 Å². The zero-order valence-corrected chi connectivity index (χ0v) is 10.2. The molecule has 0 bridgehead atoms. The molecule has 1 aliphatic heterocycles. The molecule has 0 aromatic carbocycles. The van der Waals surface area contributed by atoms with E-state index >= 15 is 0 Å². The van der Waals surface area contributed by atoms with Crippen LogP contribution in [0.3, 0.4) is 0 Å². The van der Waals surface area contributed by atoms with Gasteiger partial charge < -0.3 is 15.2 Å². The van der Waals surface area contributed by atoms with Gasteiger partial charge in [-0.3, -0.25) is 14.9 Å². The maximum Gasteiger partial charge on any atom is 0.287 e. The van der Waals surface area contributed by atoms with E-state index in [1.54, 1.807) is 11.9 Å². The van der Waals surface area contributed by atoms with Gasteiger partial charge in [0.1, 0.15) is 5.69 Å². The lowest BCUT2D eigenvalue weighted by Crippen LogP contribution is -2.46. The van der Waals surface area contributed by atoms with E-state index in [0.717, 1.165) is 12.8 Å². The predicted octanol–water partition coefficient (Wildman–Crippen LogP) is 0.497. The number of aromatic nitrogens is 1. The number of hydrogen-bond acceptors (Lipinski definition) is 4. The average molecular weight is 252 g/mol. The lowest BCUT2D eigenvalue weighted by Gasteiger charge is -2.30. The number of nitrogens with two attached hydrogens (primary N) is 1. The highest BCUT2D eigenvalue weighted by atomic mass is 16.6. The van der Waals surface area contributed by atoms with Crippen LogP contribution in [0.25, 0.3) is 0 Å². The molecule has 1 amide bonds. The van der Waals surface area contributed by atoms with Gasteiger partial charge in [-0.1, -0.05) is 0 Å². The van der Waals surface area contributed by atoms with Gasteiger partial charge in [0.15, 0.2) is 0 Å². The summed E-state index contributed by atoms with van der Waals surface area (Å²) in [7, 11) is 1.63. The van der Waals surface area contributed by atoms with Crippen LogP contribution in [0.4, 0.5) is 5.69 Å². The molecule has 2 rings (SSSR count). The number of rotatable bonds is 2.